The van der Waals surface area contributed by atoms with Crippen LogP contribution in [0.4, 0.5) is 5.69 Å². The molecule has 8 heteroatoms. The fourth-order valence-corrected chi connectivity index (χ4v) is 3.68. The molecule has 1 amide bonds. The van der Waals surface area contributed by atoms with Gasteiger partial charge in [0.25, 0.3) is 5.91 Å². The van der Waals surface area contributed by atoms with Gasteiger partial charge in [-0.15, -0.1) is 0 Å². The summed E-state index contributed by atoms with van der Waals surface area (Å²) in [4.78, 5) is 13.4. The van der Waals surface area contributed by atoms with Crippen molar-refractivity contribution < 1.29 is 23.7 Å². The molecular weight excluding hydrogens is 446 g/mol. The number of amides is 1. The topological polar surface area (TPSA) is 83.8 Å². The Morgan fingerprint density at radius 1 is 0.857 bits per heavy atom. The van der Waals surface area contributed by atoms with Crippen LogP contribution in [0.25, 0.3) is 16.8 Å². The van der Waals surface area contributed by atoms with E-state index in [0.717, 1.165) is 11.3 Å². The third kappa shape index (κ3) is 5.06. The van der Waals surface area contributed by atoms with E-state index >= 15 is 0 Å². The Hall–Kier alpha value is -4.46. The Labute approximate surface area is 204 Å². The van der Waals surface area contributed by atoms with Crippen LogP contribution in [-0.2, 0) is 0 Å². The summed E-state index contributed by atoms with van der Waals surface area (Å²) in [5.41, 5.74) is 3.05. The molecule has 4 aromatic rings. The fraction of sp³-hybridized carbons (Fsp3) is 0.185. The van der Waals surface area contributed by atoms with E-state index in [0.29, 0.717) is 40.9 Å². The van der Waals surface area contributed by atoms with Crippen LogP contribution in [0, 0.1) is 0 Å². The lowest BCUT2D eigenvalue weighted by molar-refractivity contribution is 0.102. The summed E-state index contributed by atoms with van der Waals surface area (Å²) >= 11 is 0. The third-order valence-corrected chi connectivity index (χ3v) is 5.37. The molecule has 3 aromatic carbocycles. The predicted octanol–water partition coefficient (Wildman–Crippen LogP) is 5.22. The largest absolute Gasteiger partial charge is 0.493 e. The van der Waals surface area contributed by atoms with Crippen LogP contribution in [0.15, 0.2) is 72.9 Å². The summed E-state index contributed by atoms with van der Waals surface area (Å²) in [6.07, 6.45) is 1.82. The fourth-order valence-electron chi connectivity index (χ4n) is 3.68. The van der Waals surface area contributed by atoms with Crippen molar-refractivity contribution >= 4 is 11.6 Å². The second-order valence-electron chi connectivity index (χ2n) is 7.49. The molecule has 8 nitrogen and oxygen atoms in total. The molecule has 0 unspecified atom stereocenters. The number of methoxy groups -OCH3 is 3. The molecule has 1 N–H and O–H groups in total. The molecule has 0 atom stereocenters. The zero-order valence-electron chi connectivity index (χ0n) is 20.1. The summed E-state index contributed by atoms with van der Waals surface area (Å²) in [5.74, 6) is 1.92. The first-order valence-electron chi connectivity index (χ1n) is 11.1. The number of benzene rings is 3. The number of aromatic nitrogens is 2. The Kier molecular flexibility index (Phi) is 7.21. The van der Waals surface area contributed by atoms with E-state index in [9.17, 15) is 4.79 Å². The number of hydrogen-bond acceptors (Lipinski definition) is 6. The van der Waals surface area contributed by atoms with Gasteiger partial charge < -0.3 is 24.3 Å². The zero-order chi connectivity index (χ0) is 24.8. The molecule has 0 bridgehead atoms. The molecule has 1 aromatic heterocycles. The predicted molar refractivity (Wildman–Crippen MR) is 134 cm³/mol. The average molecular weight is 474 g/mol. The number of carbonyl (C=O) groups excluding carboxylic acids is 1. The van der Waals surface area contributed by atoms with Crippen LogP contribution in [0.2, 0.25) is 0 Å². The van der Waals surface area contributed by atoms with Crippen LogP contribution in [0.3, 0.4) is 0 Å². The van der Waals surface area contributed by atoms with Gasteiger partial charge in [-0.3, -0.25) is 4.79 Å². The minimum absolute atomic E-state index is 0.258. The van der Waals surface area contributed by atoms with Gasteiger partial charge in [0.15, 0.2) is 28.7 Å². The molecule has 0 saturated heterocycles. The number of anilines is 1. The van der Waals surface area contributed by atoms with Crippen LogP contribution in [-0.4, -0.2) is 43.6 Å². The highest BCUT2D eigenvalue weighted by atomic mass is 16.5. The highest BCUT2D eigenvalue weighted by molar-refractivity contribution is 6.07. The minimum Gasteiger partial charge on any atom is -0.493 e. The number of hydrogen-bond donors (Lipinski definition) is 1. The van der Waals surface area contributed by atoms with Crippen molar-refractivity contribution in [3.8, 4) is 39.8 Å². The normalized spacial score (nSPS) is 10.5. The number of rotatable bonds is 9. The van der Waals surface area contributed by atoms with Gasteiger partial charge in [-0.05, 0) is 48.9 Å². The first-order valence-corrected chi connectivity index (χ1v) is 11.1. The Morgan fingerprint density at radius 3 is 2.23 bits per heavy atom. The number of nitrogens with one attached hydrogen (secondary N) is 1. The van der Waals surface area contributed by atoms with Crippen LogP contribution < -0.4 is 24.3 Å². The number of para-hydroxylation sites is 1. The molecule has 4 rings (SSSR count). The number of ether oxygens (including phenoxy) is 4. The lowest BCUT2D eigenvalue weighted by Gasteiger charge is -2.12. The number of nitrogens with zero attached hydrogens (tertiary/aromatic N) is 2. The van der Waals surface area contributed by atoms with Crippen molar-refractivity contribution in [1.82, 2.24) is 9.78 Å². The van der Waals surface area contributed by atoms with Gasteiger partial charge in [-0.25, -0.2) is 4.68 Å². The van der Waals surface area contributed by atoms with Crippen molar-refractivity contribution in [2.24, 2.45) is 0 Å². The molecule has 0 aliphatic rings. The Bertz CT molecular complexity index is 1320. The monoisotopic (exact) mass is 473 g/mol. The molecule has 180 valence electrons. The van der Waals surface area contributed by atoms with E-state index in [2.05, 4.69) is 10.4 Å². The molecule has 0 aliphatic carbocycles. The van der Waals surface area contributed by atoms with E-state index in [4.69, 9.17) is 18.9 Å². The van der Waals surface area contributed by atoms with Gasteiger partial charge in [0.1, 0.15) is 0 Å². The summed E-state index contributed by atoms with van der Waals surface area (Å²) in [5, 5.41) is 7.54. The third-order valence-electron chi connectivity index (χ3n) is 5.37. The highest BCUT2D eigenvalue weighted by Crippen LogP contribution is 2.35. The molecule has 0 spiro atoms. The Balaban J connectivity index is 1.74. The molecular formula is C27H27N3O5. The standard InChI is InChI=1S/C27H27N3O5/c1-5-35-23-14-12-19(16-25(23)34-4)28-27(31)26-21(17-30(29-26)20-9-7-6-8-10-20)18-11-13-22(32-2)24(15-18)33-3/h6-17H,5H2,1-4H3,(H,28,31). The SMILES string of the molecule is CCOc1ccc(NC(=O)c2nn(-c3ccccc3)cc2-c2ccc(OC)c(OC)c2)cc1OC. The molecule has 0 aliphatic heterocycles. The maximum absolute atomic E-state index is 13.4. The molecule has 0 saturated carbocycles. The van der Waals surface area contributed by atoms with Crippen molar-refractivity contribution in [1.29, 1.82) is 0 Å². The quantitative estimate of drug-likeness (QED) is 0.359. The van der Waals surface area contributed by atoms with E-state index in [1.807, 2.05) is 55.6 Å². The summed E-state index contributed by atoms with van der Waals surface area (Å²) < 4.78 is 23.5. The van der Waals surface area contributed by atoms with Crippen molar-refractivity contribution in [3.63, 3.8) is 0 Å². The second kappa shape index (κ2) is 10.6. The van der Waals surface area contributed by atoms with E-state index in [1.165, 1.54) is 0 Å². The van der Waals surface area contributed by atoms with Crippen LogP contribution in [0.1, 0.15) is 17.4 Å². The van der Waals surface area contributed by atoms with Gasteiger partial charge in [-0.2, -0.15) is 5.10 Å². The maximum Gasteiger partial charge on any atom is 0.276 e. The zero-order valence-corrected chi connectivity index (χ0v) is 20.1. The summed E-state index contributed by atoms with van der Waals surface area (Å²) in [6, 6.07) is 20.3. The van der Waals surface area contributed by atoms with Crippen molar-refractivity contribution in [2.45, 2.75) is 6.92 Å². The van der Waals surface area contributed by atoms with E-state index in [-0.39, 0.29) is 11.6 Å². The van der Waals surface area contributed by atoms with Crippen LogP contribution >= 0.6 is 0 Å². The van der Waals surface area contributed by atoms with Gasteiger partial charge in [0.2, 0.25) is 0 Å². The maximum atomic E-state index is 13.4. The first kappa shape index (κ1) is 23.7. The van der Waals surface area contributed by atoms with Gasteiger partial charge >= 0.3 is 0 Å². The minimum atomic E-state index is -0.365. The number of carbonyl (C=O) groups is 1. The molecule has 35 heavy (non-hydrogen) atoms. The van der Waals surface area contributed by atoms with Gasteiger partial charge in [-0.1, -0.05) is 24.3 Å². The molecule has 0 radical (unpaired) electrons. The lowest BCUT2D eigenvalue weighted by atomic mass is 10.1. The van der Waals surface area contributed by atoms with Gasteiger partial charge in [0.05, 0.1) is 33.6 Å². The van der Waals surface area contributed by atoms with E-state index in [1.54, 1.807) is 50.3 Å². The van der Waals surface area contributed by atoms with E-state index < -0.39 is 0 Å². The van der Waals surface area contributed by atoms with Gasteiger partial charge in [0, 0.05) is 23.5 Å². The van der Waals surface area contributed by atoms with Crippen molar-refractivity contribution in [2.75, 3.05) is 33.3 Å². The first-order chi connectivity index (χ1) is 17.1. The molecule has 0 fully saturated rings. The smallest absolute Gasteiger partial charge is 0.276 e. The average Bonchev–Trinajstić information content (AvgIpc) is 3.35. The lowest BCUT2D eigenvalue weighted by Crippen LogP contribution is -2.14. The Morgan fingerprint density at radius 2 is 1.54 bits per heavy atom. The summed E-state index contributed by atoms with van der Waals surface area (Å²) in [7, 11) is 4.71. The second-order valence-corrected chi connectivity index (χ2v) is 7.49. The molecule has 1 heterocycles. The highest BCUT2D eigenvalue weighted by Gasteiger charge is 2.21. The summed E-state index contributed by atoms with van der Waals surface area (Å²) in [6.45, 7) is 2.40. The van der Waals surface area contributed by atoms with Crippen molar-refractivity contribution in [3.05, 3.63) is 78.6 Å². The van der Waals surface area contributed by atoms with Crippen LogP contribution in [0.5, 0.6) is 23.0 Å².